The van der Waals surface area contributed by atoms with Crippen LogP contribution in [-0.2, 0) is 0 Å². The molecule has 0 saturated carbocycles. The van der Waals surface area contributed by atoms with Gasteiger partial charge in [-0.3, -0.25) is 15.0 Å². The van der Waals surface area contributed by atoms with Crippen molar-refractivity contribution in [2.45, 2.75) is 6.04 Å². The maximum atomic E-state index is 4.56. The molecule has 8 nitrogen and oxygen atoms in total. The summed E-state index contributed by atoms with van der Waals surface area (Å²) in [6.07, 6.45) is 3.39. The average molecular weight is 330 g/mol. The van der Waals surface area contributed by atoms with Gasteiger partial charge in [0.15, 0.2) is 0 Å². The Kier molecular flexibility index (Phi) is 6.67. The summed E-state index contributed by atoms with van der Waals surface area (Å²) in [6, 6.07) is 5.99. The number of hydrogen-bond acceptors (Lipinski definition) is 7. The van der Waals surface area contributed by atoms with Gasteiger partial charge in [-0.25, -0.2) is 4.98 Å². The molecule has 0 aromatic carbocycles. The minimum Gasteiger partial charge on any atom is -0.314 e. The van der Waals surface area contributed by atoms with Gasteiger partial charge in [0.05, 0.1) is 5.69 Å². The van der Waals surface area contributed by atoms with E-state index in [1.54, 1.807) is 6.33 Å². The van der Waals surface area contributed by atoms with Crippen molar-refractivity contribution in [1.82, 2.24) is 41.0 Å². The van der Waals surface area contributed by atoms with Crippen molar-refractivity contribution in [3.63, 3.8) is 0 Å². The van der Waals surface area contributed by atoms with Gasteiger partial charge in [0.25, 0.3) is 0 Å². The summed E-state index contributed by atoms with van der Waals surface area (Å²) >= 11 is 0. The van der Waals surface area contributed by atoms with Crippen LogP contribution in [0.3, 0.4) is 0 Å². The third-order valence-corrected chi connectivity index (χ3v) is 4.13. The summed E-state index contributed by atoms with van der Waals surface area (Å²) in [4.78, 5) is 11.4. The van der Waals surface area contributed by atoms with Crippen molar-refractivity contribution in [3.8, 4) is 0 Å². The van der Waals surface area contributed by atoms with Crippen LogP contribution in [0.5, 0.6) is 0 Å². The van der Waals surface area contributed by atoms with Crippen LogP contribution < -0.4 is 16.0 Å². The molecule has 0 radical (unpaired) electrons. The third-order valence-electron chi connectivity index (χ3n) is 4.13. The molecule has 3 rings (SSSR count). The number of nitrogens with zero attached hydrogens (tertiary/aromatic N) is 4. The number of rotatable bonds is 3. The maximum Gasteiger partial charge on any atom is 0.147 e. The largest absolute Gasteiger partial charge is 0.314 e. The second-order valence-corrected chi connectivity index (χ2v) is 5.81. The third kappa shape index (κ3) is 4.81. The lowest BCUT2D eigenvalue weighted by atomic mass is 10.1. The average Bonchev–Trinajstić information content (AvgIpc) is 3.12. The minimum absolute atomic E-state index is 0.0154. The quantitative estimate of drug-likeness (QED) is 0.595. The van der Waals surface area contributed by atoms with Crippen LogP contribution in [0, 0.1) is 0 Å². The van der Waals surface area contributed by atoms with Crippen LogP contribution in [0.15, 0.2) is 30.7 Å². The molecule has 0 amide bonds. The Balaban J connectivity index is 1.77. The van der Waals surface area contributed by atoms with E-state index in [4.69, 9.17) is 0 Å². The molecule has 2 aromatic rings. The predicted molar refractivity (Wildman–Crippen MR) is 92.6 cm³/mol. The van der Waals surface area contributed by atoms with Crippen LogP contribution >= 0.6 is 0 Å². The van der Waals surface area contributed by atoms with Crippen molar-refractivity contribution in [3.05, 3.63) is 42.2 Å². The summed E-state index contributed by atoms with van der Waals surface area (Å²) in [5.41, 5.74) is 0.989. The Morgan fingerprint density at radius 3 is 2.17 bits per heavy atom. The molecule has 1 unspecified atom stereocenters. The summed E-state index contributed by atoms with van der Waals surface area (Å²) < 4.78 is 0. The lowest BCUT2D eigenvalue weighted by Crippen LogP contribution is -2.43. The van der Waals surface area contributed by atoms with Crippen molar-refractivity contribution < 1.29 is 0 Å². The van der Waals surface area contributed by atoms with Gasteiger partial charge in [0.1, 0.15) is 18.2 Å². The Hall–Kier alpha value is -1.87. The van der Waals surface area contributed by atoms with Crippen LogP contribution in [0.2, 0.25) is 0 Å². The molecular weight excluding hydrogens is 304 g/mol. The molecule has 1 aliphatic rings. The molecule has 1 fully saturated rings. The molecule has 1 aliphatic heterocycles. The van der Waals surface area contributed by atoms with E-state index in [1.165, 1.54) is 0 Å². The van der Waals surface area contributed by atoms with Gasteiger partial charge in [-0.05, 0) is 12.1 Å². The Labute approximate surface area is 142 Å². The minimum atomic E-state index is -0.0154. The van der Waals surface area contributed by atoms with Gasteiger partial charge < -0.3 is 16.0 Å². The molecule has 2 aromatic heterocycles. The fourth-order valence-electron chi connectivity index (χ4n) is 2.93. The van der Waals surface area contributed by atoms with E-state index in [1.807, 2.05) is 24.4 Å². The zero-order valence-corrected chi connectivity index (χ0v) is 13.9. The van der Waals surface area contributed by atoms with Gasteiger partial charge in [0.2, 0.25) is 0 Å². The van der Waals surface area contributed by atoms with E-state index in [0.29, 0.717) is 0 Å². The van der Waals surface area contributed by atoms with Gasteiger partial charge in [0, 0.05) is 58.6 Å². The summed E-state index contributed by atoms with van der Waals surface area (Å²) in [6.45, 7) is 7.64. The second-order valence-electron chi connectivity index (χ2n) is 5.81. The number of hydrogen-bond donors (Lipinski definition) is 4. The monoisotopic (exact) mass is 330 g/mol. The molecular formula is C16H26N8. The lowest BCUT2D eigenvalue weighted by molar-refractivity contribution is 0.214. The van der Waals surface area contributed by atoms with Crippen LogP contribution in [0.1, 0.15) is 17.6 Å². The predicted octanol–water partition coefficient (Wildman–Crippen LogP) is -0.626. The molecule has 3 heterocycles. The smallest absolute Gasteiger partial charge is 0.147 e. The highest BCUT2D eigenvalue weighted by molar-refractivity contribution is 5.17. The highest BCUT2D eigenvalue weighted by atomic mass is 15.3. The first kappa shape index (κ1) is 17.0. The topological polar surface area (TPSA) is 93.8 Å². The Bertz CT molecular complexity index is 547. The summed E-state index contributed by atoms with van der Waals surface area (Å²) in [5.74, 6) is 0.836. The molecule has 8 heteroatoms. The number of aromatic amines is 1. The summed E-state index contributed by atoms with van der Waals surface area (Å²) in [7, 11) is 0. The van der Waals surface area contributed by atoms with E-state index in [0.717, 1.165) is 63.9 Å². The SMILES string of the molecule is c1ccc(C(c2ncn[nH]2)N2CCNCCNCCNCC2)nc1. The van der Waals surface area contributed by atoms with Crippen LogP contribution in [-0.4, -0.2) is 77.4 Å². The number of aromatic nitrogens is 4. The van der Waals surface area contributed by atoms with Crippen molar-refractivity contribution in [2.75, 3.05) is 52.4 Å². The highest BCUT2D eigenvalue weighted by Gasteiger charge is 2.25. The van der Waals surface area contributed by atoms with Crippen molar-refractivity contribution >= 4 is 0 Å². The molecule has 130 valence electrons. The first-order valence-corrected chi connectivity index (χ1v) is 8.57. The molecule has 1 saturated heterocycles. The van der Waals surface area contributed by atoms with E-state index in [9.17, 15) is 0 Å². The first-order valence-electron chi connectivity index (χ1n) is 8.57. The van der Waals surface area contributed by atoms with E-state index >= 15 is 0 Å². The molecule has 0 aliphatic carbocycles. The van der Waals surface area contributed by atoms with Gasteiger partial charge in [-0.2, -0.15) is 5.10 Å². The second kappa shape index (κ2) is 9.43. The van der Waals surface area contributed by atoms with E-state index in [2.05, 4.69) is 41.0 Å². The zero-order valence-electron chi connectivity index (χ0n) is 13.9. The molecule has 0 spiro atoms. The molecule has 0 bridgehead atoms. The van der Waals surface area contributed by atoms with Gasteiger partial charge in [-0.1, -0.05) is 6.07 Å². The number of nitrogens with one attached hydrogen (secondary N) is 4. The molecule has 1 atom stereocenters. The van der Waals surface area contributed by atoms with Crippen molar-refractivity contribution in [2.24, 2.45) is 0 Å². The normalized spacial score (nSPS) is 20.0. The fraction of sp³-hybridized carbons (Fsp3) is 0.562. The Morgan fingerprint density at radius 2 is 1.58 bits per heavy atom. The van der Waals surface area contributed by atoms with Gasteiger partial charge in [-0.15, -0.1) is 0 Å². The zero-order chi connectivity index (χ0) is 16.5. The maximum absolute atomic E-state index is 4.56. The number of pyridine rings is 1. The number of H-pyrrole nitrogens is 1. The fourth-order valence-corrected chi connectivity index (χ4v) is 2.93. The molecule has 24 heavy (non-hydrogen) atoms. The van der Waals surface area contributed by atoms with Crippen molar-refractivity contribution in [1.29, 1.82) is 0 Å². The standard InChI is InChI=1S/C16H26N8/c1-2-4-20-14(3-1)15(16-21-13-22-23-16)24-11-9-18-7-5-17-6-8-19-10-12-24/h1-4,13,15,17-19H,5-12H2,(H,21,22,23). The highest BCUT2D eigenvalue weighted by Crippen LogP contribution is 2.23. The lowest BCUT2D eigenvalue weighted by Gasteiger charge is -2.30. The van der Waals surface area contributed by atoms with Gasteiger partial charge >= 0.3 is 0 Å². The first-order chi connectivity index (χ1) is 11.9. The van der Waals surface area contributed by atoms with E-state index in [-0.39, 0.29) is 6.04 Å². The van der Waals surface area contributed by atoms with E-state index < -0.39 is 0 Å². The van der Waals surface area contributed by atoms with Crippen LogP contribution in [0.25, 0.3) is 0 Å². The summed E-state index contributed by atoms with van der Waals surface area (Å²) in [5, 5.41) is 17.5. The Morgan fingerprint density at radius 1 is 0.875 bits per heavy atom. The molecule has 4 N–H and O–H groups in total. The van der Waals surface area contributed by atoms with Crippen LogP contribution in [0.4, 0.5) is 0 Å².